The van der Waals surface area contributed by atoms with E-state index in [0.717, 1.165) is 24.8 Å². The zero-order valence-corrected chi connectivity index (χ0v) is 15.9. The maximum Gasteiger partial charge on any atom is 0.239 e. The summed E-state index contributed by atoms with van der Waals surface area (Å²) in [5.41, 5.74) is 6.93. The van der Waals surface area contributed by atoms with E-state index >= 15 is 0 Å². The van der Waals surface area contributed by atoms with E-state index in [1.807, 2.05) is 30.9 Å². The summed E-state index contributed by atoms with van der Waals surface area (Å²) in [6, 6.07) is 6.90. The van der Waals surface area contributed by atoms with Crippen LogP contribution in [0.2, 0.25) is 5.02 Å². The number of aliphatic hydroxyl groups is 1. The molecule has 0 radical (unpaired) electrons. The molecule has 136 valence electrons. The van der Waals surface area contributed by atoms with E-state index in [1.165, 1.54) is 0 Å². The Labute approximate surface area is 155 Å². The number of carbonyl (C=O) groups excluding carboxylic acids is 1. The molecule has 24 heavy (non-hydrogen) atoms. The summed E-state index contributed by atoms with van der Waals surface area (Å²) in [6.45, 7) is 5.39. The quantitative estimate of drug-likeness (QED) is 0.829. The van der Waals surface area contributed by atoms with Crippen molar-refractivity contribution >= 4 is 29.9 Å². The molecule has 1 aliphatic heterocycles. The van der Waals surface area contributed by atoms with Crippen LogP contribution in [-0.2, 0) is 4.79 Å². The number of nitrogens with zero attached hydrogens (tertiary/aromatic N) is 1. The van der Waals surface area contributed by atoms with Gasteiger partial charge in [-0.2, -0.15) is 0 Å². The van der Waals surface area contributed by atoms with Crippen LogP contribution in [0.3, 0.4) is 0 Å². The Kier molecular flexibility index (Phi) is 8.51. The molecule has 4 nitrogen and oxygen atoms in total. The maximum absolute atomic E-state index is 12.4. The summed E-state index contributed by atoms with van der Waals surface area (Å²) in [5, 5.41) is 11.2. The van der Waals surface area contributed by atoms with Crippen LogP contribution in [0.1, 0.15) is 44.8 Å². The van der Waals surface area contributed by atoms with Crippen molar-refractivity contribution in [2.75, 3.05) is 13.1 Å². The molecule has 0 bridgehead atoms. The second-order valence-corrected chi connectivity index (χ2v) is 7.01. The molecule has 0 saturated carbocycles. The van der Waals surface area contributed by atoms with Crippen LogP contribution in [-0.4, -0.2) is 35.0 Å². The minimum Gasteiger partial charge on any atom is -0.388 e. The van der Waals surface area contributed by atoms with Crippen LogP contribution >= 0.6 is 24.0 Å². The summed E-state index contributed by atoms with van der Waals surface area (Å²) < 4.78 is 0. The van der Waals surface area contributed by atoms with Gasteiger partial charge in [0.25, 0.3) is 0 Å². The Morgan fingerprint density at radius 2 is 1.88 bits per heavy atom. The van der Waals surface area contributed by atoms with Crippen molar-refractivity contribution in [1.82, 2.24) is 4.90 Å². The number of nitrogens with two attached hydrogens (primary N) is 1. The Bertz CT molecular complexity index is 516. The Hall–Kier alpha value is -0.810. The molecule has 1 heterocycles. The largest absolute Gasteiger partial charge is 0.388 e. The smallest absolute Gasteiger partial charge is 0.239 e. The summed E-state index contributed by atoms with van der Waals surface area (Å²) in [5.74, 6) is 0.402. The number of amides is 1. The van der Waals surface area contributed by atoms with Crippen molar-refractivity contribution < 1.29 is 9.90 Å². The number of likely N-dealkylation sites (tertiary alicyclic amines) is 1. The van der Waals surface area contributed by atoms with Crippen molar-refractivity contribution in [1.29, 1.82) is 0 Å². The lowest BCUT2D eigenvalue weighted by Crippen LogP contribution is -2.50. The molecule has 1 fully saturated rings. The second-order valence-electron chi connectivity index (χ2n) is 6.57. The minimum absolute atomic E-state index is 0. The molecule has 3 atom stereocenters. The van der Waals surface area contributed by atoms with Gasteiger partial charge in [-0.25, -0.2) is 0 Å². The summed E-state index contributed by atoms with van der Waals surface area (Å²) in [4.78, 5) is 14.3. The van der Waals surface area contributed by atoms with Crippen molar-refractivity contribution in [3.05, 3.63) is 34.9 Å². The van der Waals surface area contributed by atoms with Gasteiger partial charge in [0.1, 0.15) is 0 Å². The molecular formula is C18H28Cl2N2O2. The molecule has 1 aromatic carbocycles. The van der Waals surface area contributed by atoms with Gasteiger partial charge in [-0.3, -0.25) is 4.79 Å². The molecule has 1 aromatic rings. The first-order valence-electron chi connectivity index (χ1n) is 8.42. The fourth-order valence-electron chi connectivity index (χ4n) is 3.08. The molecule has 3 unspecified atom stereocenters. The monoisotopic (exact) mass is 374 g/mol. The predicted octanol–water partition coefficient (Wildman–Crippen LogP) is 3.41. The molecule has 0 aromatic heterocycles. The number of halogens is 2. The molecule has 1 aliphatic rings. The fraction of sp³-hybridized carbons (Fsp3) is 0.611. The SMILES string of the molecule is CCC(C)C(N)C(=O)N1CCC(C(O)c2ccc(Cl)cc2)CC1.Cl. The van der Waals surface area contributed by atoms with Crippen LogP contribution in [0.25, 0.3) is 0 Å². The van der Waals surface area contributed by atoms with Crippen molar-refractivity contribution in [3.63, 3.8) is 0 Å². The fourth-order valence-corrected chi connectivity index (χ4v) is 3.20. The average Bonchev–Trinajstić information content (AvgIpc) is 2.60. The molecule has 3 N–H and O–H groups in total. The average molecular weight is 375 g/mol. The lowest BCUT2D eigenvalue weighted by molar-refractivity contribution is -0.135. The molecule has 6 heteroatoms. The van der Waals surface area contributed by atoms with Crippen LogP contribution in [0.15, 0.2) is 24.3 Å². The van der Waals surface area contributed by atoms with E-state index in [4.69, 9.17) is 17.3 Å². The highest BCUT2D eigenvalue weighted by molar-refractivity contribution is 6.30. The van der Waals surface area contributed by atoms with E-state index in [9.17, 15) is 9.90 Å². The van der Waals surface area contributed by atoms with E-state index in [2.05, 4.69) is 0 Å². The van der Waals surface area contributed by atoms with E-state index in [1.54, 1.807) is 12.1 Å². The number of aliphatic hydroxyl groups excluding tert-OH is 1. The molecule has 1 saturated heterocycles. The van der Waals surface area contributed by atoms with E-state index < -0.39 is 12.1 Å². The third-order valence-electron chi connectivity index (χ3n) is 5.05. The first-order chi connectivity index (χ1) is 10.9. The van der Waals surface area contributed by atoms with Gasteiger partial charge in [-0.05, 0) is 42.4 Å². The third kappa shape index (κ3) is 5.09. The van der Waals surface area contributed by atoms with Crippen LogP contribution < -0.4 is 5.73 Å². The van der Waals surface area contributed by atoms with E-state index in [0.29, 0.717) is 18.1 Å². The van der Waals surface area contributed by atoms with Gasteiger partial charge in [-0.15, -0.1) is 12.4 Å². The van der Waals surface area contributed by atoms with Gasteiger partial charge in [0.2, 0.25) is 5.91 Å². The van der Waals surface area contributed by atoms with E-state index in [-0.39, 0.29) is 30.2 Å². The van der Waals surface area contributed by atoms with Gasteiger partial charge in [0.05, 0.1) is 12.1 Å². The normalized spacial score (nSPS) is 19.3. The minimum atomic E-state index is -0.507. The molecule has 2 rings (SSSR count). The lowest BCUT2D eigenvalue weighted by atomic mass is 9.87. The highest BCUT2D eigenvalue weighted by Gasteiger charge is 2.31. The van der Waals surface area contributed by atoms with Gasteiger partial charge < -0.3 is 15.7 Å². The highest BCUT2D eigenvalue weighted by atomic mass is 35.5. The molecule has 0 spiro atoms. The van der Waals surface area contributed by atoms with Gasteiger partial charge in [-0.1, -0.05) is 44.0 Å². The zero-order chi connectivity index (χ0) is 17.0. The van der Waals surface area contributed by atoms with Crippen molar-refractivity contribution in [2.24, 2.45) is 17.6 Å². The number of hydrogen-bond donors (Lipinski definition) is 2. The summed E-state index contributed by atoms with van der Waals surface area (Å²) in [7, 11) is 0. The van der Waals surface area contributed by atoms with Gasteiger partial charge in [0.15, 0.2) is 0 Å². The number of benzene rings is 1. The first kappa shape index (κ1) is 21.2. The Balaban J connectivity index is 0.00000288. The number of rotatable bonds is 5. The number of hydrogen-bond acceptors (Lipinski definition) is 3. The summed E-state index contributed by atoms with van der Waals surface area (Å²) >= 11 is 5.89. The Morgan fingerprint density at radius 1 is 1.33 bits per heavy atom. The lowest BCUT2D eigenvalue weighted by Gasteiger charge is -2.36. The van der Waals surface area contributed by atoms with Crippen molar-refractivity contribution in [3.8, 4) is 0 Å². The molecule has 0 aliphatic carbocycles. The second kappa shape index (κ2) is 9.62. The highest BCUT2D eigenvalue weighted by Crippen LogP contribution is 2.31. The van der Waals surface area contributed by atoms with Gasteiger partial charge in [0, 0.05) is 18.1 Å². The molecular weight excluding hydrogens is 347 g/mol. The standard InChI is InChI=1S/C18H27ClN2O2.ClH/c1-3-12(2)16(20)18(23)21-10-8-14(9-11-21)17(22)13-4-6-15(19)7-5-13;/h4-7,12,14,16-17,22H,3,8-11,20H2,1-2H3;1H. The third-order valence-corrected chi connectivity index (χ3v) is 5.30. The number of piperidine rings is 1. The van der Waals surface area contributed by atoms with Crippen molar-refractivity contribution in [2.45, 2.75) is 45.3 Å². The first-order valence-corrected chi connectivity index (χ1v) is 8.79. The summed E-state index contributed by atoms with van der Waals surface area (Å²) in [6.07, 6.45) is 1.98. The topological polar surface area (TPSA) is 66.6 Å². The molecule has 1 amide bonds. The van der Waals surface area contributed by atoms with Crippen LogP contribution in [0.5, 0.6) is 0 Å². The maximum atomic E-state index is 12.4. The van der Waals surface area contributed by atoms with Crippen LogP contribution in [0.4, 0.5) is 0 Å². The Morgan fingerprint density at radius 3 is 2.38 bits per heavy atom. The van der Waals surface area contributed by atoms with Crippen LogP contribution in [0, 0.1) is 11.8 Å². The predicted molar refractivity (Wildman–Crippen MR) is 100 cm³/mol. The van der Waals surface area contributed by atoms with Gasteiger partial charge >= 0.3 is 0 Å². The zero-order valence-electron chi connectivity index (χ0n) is 14.3. The number of carbonyl (C=O) groups is 1.